The van der Waals surface area contributed by atoms with Crippen molar-refractivity contribution in [1.82, 2.24) is 10.3 Å². The van der Waals surface area contributed by atoms with E-state index in [9.17, 15) is 4.79 Å². The number of carbonyl (C=O) groups excluding carboxylic acids is 1. The standard InChI is InChI=1S/C10H14N4OS/c1-11-14-9-4-3-8(7-13-9)10(15)12-5-6-16-2/h3-4,7H,1,5-6H2,2H3,(H,12,15)(H,13,14). The van der Waals surface area contributed by atoms with Gasteiger partial charge in [0.25, 0.3) is 5.91 Å². The number of nitrogens with zero attached hydrogens (tertiary/aromatic N) is 2. The van der Waals surface area contributed by atoms with Gasteiger partial charge in [-0.1, -0.05) is 0 Å². The normalized spacial score (nSPS) is 9.56. The number of carbonyl (C=O) groups is 1. The second-order valence-corrected chi connectivity index (χ2v) is 3.94. The van der Waals surface area contributed by atoms with E-state index < -0.39 is 0 Å². The van der Waals surface area contributed by atoms with E-state index in [1.807, 2.05) is 6.26 Å². The van der Waals surface area contributed by atoms with Crippen molar-refractivity contribution in [2.24, 2.45) is 5.10 Å². The number of hydrogen-bond acceptors (Lipinski definition) is 5. The molecule has 1 aromatic heterocycles. The number of hydrogen-bond donors (Lipinski definition) is 2. The summed E-state index contributed by atoms with van der Waals surface area (Å²) in [5.74, 6) is 1.36. The minimum absolute atomic E-state index is 0.111. The average Bonchev–Trinajstić information content (AvgIpc) is 2.30. The van der Waals surface area contributed by atoms with Crippen molar-refractivity contribution in [1.29, 1.82) is 0 Å². The van der Waals surface area contributed by atoms with E-state index in [1.165, 1.54) is 6.20 Å². The third-order valence-corrected chi connectivity index (χ3v) is 2.42. The first-order valence-electron chi connectivity index (χ1n) is 4.73. The Morgan fingerprint density at radius 3 is 3.00 bits per heavy atom. The fourth-order valence-corrected chi connectivity index (χ4v) is 1.35. The van der Waals surface area contributed by atoms with Gasteiger partial charge in [-0.15, -0.1) is 0 Å². The molecule has 0 radical (unpaired) electrons. The summed E-state index contributed by atoms with van der Waals surface area (Å²) in [6.07, 6.45) is 3.50. The molecule has 5 nitrogen and oxygen atoms in total. The van der Waals surface area contributed by atoms with Crippen molar-refractivity contribution >= 4 is 30.2 Å². The summed E-state index contributed by atoms with van der Waals surface area (Å²) in [5, 5.41) is 6.27. The number of amides is 1. The van der Waals surface area contributed by atoms with Gasteiger partial charge in [0.05, 0.1) is 5.56 Å². The molecule has 0 unspecified atom stereocenters. The number of pyridine rings is 1. The van der Waals surface area contributed by atoms with E-state index in [4.69, 9.17) is 0 Å². The van der Waals surface area contributed by atoms with Crippen LogP contribution in [0.4, 0.5) is 5.82 Å². The maximum atomic E-state index is 11.6. The molecular weight excluding hydrogens is 224 g/mol. The molecule has 0 spiro atoms. The average molecular weight is 238 g/mol. The van der Waals surface area contributed by atoms with Crippen LogP contribution in [-0.4, -0.2) is 36.2 Å². The molecule has 1 amide bonds. The molecule has 0 aliphatic carbocycles. The van der Waals surface area contributed by atoms with Crippen LogP contribution in [0.1, 0.15) is 10.4 Å². The summed E-state index contributed by atoms with van der Waals surface area (Å²) in [6.45, 7) is 3.94. The van der Waals surface area contributed by atoms with E-state index in [-0.39, 0.29) is 5.91 Å². The second-order valence-electron chi connectivity index (χ2n) is 2.95. The van der Waals surface area contributed by atoms with Gasteiger partial charge in [-0.05, 0) is 18.4 Å². The third-order valence-electron chi connectivity index (χ3n) is 1.81. The van der Waals surface area contributed by atoms with Gasteiger partial charge in [-0.25, -0.2) is 4.98 Å². The Labute approximate surface area is 98.7 Å². The minimum atomic E-state index is -0.111. The highest BCUT2D eigenvalue weighted by Gasteiger charge is 2.04. The lowest BCUT2D eigenvalue weighted by Crippen LogP contribution is -2.25. The van der Waals surface area contributed by atoms with Crippen molar-refractivity contribution in [2.75, 3.05) is 24.0 Å². The number of hydrazone groups is 1. The first kappa shape index (κ1) is 12.5. The monoisotopic (exact) mass is 238 g/mol. The Hall–Kier alpha value is -1.56. The quantitative estimate of drug-likeness (QED) is 0.444. The van der Waals surface area contributed by atoms with Gasteiger partial charge < -0.3 is 5.32 Å². The number of rotatable bonds is 6. The van der Waals surface area contributed by atoms with Gasteiger partial charge >= 0.3 is 0 Å². The zero-order chi connectivity index (χ0) is 11.8. The zero-order valence-corrected chi connectivity index (χ0v) is 9.88. The zero-order valence-electron chi connectivity index (χ0n) is 9.06. The third kappa shape index (κ3) is 3.90. The van der Waals surface area contributed by atoms with Crippen molar-refractivity contribution in [3.8, 4) is 0 Å². The van der Waals surface area contributed by atoms with Crippen molar-refractivity contribution in [3.05, 3.63) is 23.9 Å². The van der Waals surface area contributed by atoms with Crippen LogP contribution in [0, 0.1) is 0 Å². The van der Waals surface area contributed by atoms with Crippen LogP contribution >= 0.6 is 11.8 Å². The smallest absolute Gasteiger partial charge is 0.252 e. The van der Waals surface area contributed by atoms with Crippen molar-refractivity contribution in [2.45, 2.75) is 0 Å². The summed E-state index contributed by atoms with van der Waals surface area (Å²) in [5.41, 5.74) is 3.13. The van der Waals surface area contributed by atoms with Gasteiger partial charge in [-0.3, -0.25) is 10.2 Å². The molecule has 0 aliphatic heterocycles. The van der Waals surface area contributed by atoms with Crippen LogP contribution in [0.5, 0.6) is 0 Å². The van der Waals surface area contributed by atoms with Gasteiger partial charge in [0.15, 0.2) is 0 Å². The molecule has 0 saturated heterocycles. The largest absolute Gasteiger partial charge is 0.351 e. The van der Waals surface area contributed by atoms with E-state index in [1.54, 1.807) is 23.9 Å². The maximum Gasteiger partial charge on any atom is 0.252 e. The first-order valence-corrected chi connectivity index (χ1v) is 6.12. The highest BCUT2D eigenvalue weighted by molar-refractivity contribution is 7.98. The van der Waals surface area contributed by atoms with E-state index in [0.717, 1.165) is 5.75 Å². The van der Waals surface area contributed by atoms with Crippen molar-refractivity contribution < 1.29 is 4.79 Å². The molecule has 1 heterocycles. The summed E-state index contributed by atoms with van der Waals surface area (Å²) in [7, 11) is 0. The molecule has 6 heteroatoms. The molecule has 0 atom stereocenters. The molecule has 0 bridgehead atoms. The number of aromatic nitrogens is 1. The fourth-order valence-electron chi connectivity index (χ4n) is 1.04. The Morgan fingerprint density at radius 2 is 2.44 bits per heavy atom. The fraction of sp³-hybridized carbons (Fsp3) is 0.300. The van der Waals surface area contributed by atoms with E-state index >= 15 is 0 Å². The van der Waals surface area contributed by atoms with Gasteiger partial charge in [0.1, 0.15) is 5.82 Å². The molecule has 16 heavy (non-hydrogen) atoms. The summed E-state index contributed by atoms with van der Waals surface area (Å²) >= 11 is 1.69. The maximum absolute atomic E-state index is 11.6. The highest BCUT2D eigenvalue weighted by atomic mass is 32.2. The second kappa shape index (κ2) is 6.84. The Bertz CT molecular complexity index is 352. The lowest BCUT2D eigenvalue weighted by atomic mass is 10.2. The van der Waals surface area contributed by atoms with Crippen LogP contribution in [0.2, 0.25) is 0 Å². The van der Waals surface area contributed by atoms with Crippen LogP contribution in [-0.2, 0) is 0 Å². The van der Waals surface area contributed by atoms with E-state index in [0.29, 0.717) is 17.9 Å². The molecule has 0 saturated carbocycles. The molecule has 1 rings (SSSR count). The SMILES string of the molecule is C=NNc1ccc(C(=O)NCCSC)cn1. The minimum Gasteiger partial charge on any atom is -0.351 e. The molecular formula is C10H14N4OS. The van der Waals surface area contributed by atoms with Crippen LogP contribution in [0.3, 0.4) is 0 Å². The number of nitrogens with one attached hydrogen (secondary N) is 2. The predicted octanol–water partition coefficient (Wildman–Crippen LogP) is 1.20. The Balaban J connectivity index is 2.52. The number of thioether (sulfide) groups is 1. The highest BCUT2D eigenvalue weighted by Crippen LogP contribution is 2.04. The Morgan fingerprint density at radius 1 is 1.62 bits per heavy atom. The molecule has 0 aromatic carbocycles. The lowest BCUT2D eigenvalue weighted by molar-refractivity contribution is 0.0956. The van der Waals surface area contributed by atoms with Gasteiger partial charge in [0.2, 0.25) is 0 Å². The summed E-state index contributed by atoms with van der Waals surface area (Å²) in [4.78, 5) is 15.6. The lowest BCUT2D eigenvalue weighted by Gasteiger charge is -2.04. The summed E-state index contributed by atoms with van der Waals surface area (Å²) in [6, 6.07) is 3.37. The summed E-state index contributed by atoms with van der Waals surface area (Å²) < 4.78 is 0. The van der Waals surface area contributed by atoms with Gasteiger partial charge in [0, 0.05) is 25.2 Å². The van der Waals surface area contributed by atoms with Crippen LogP contribution < -0.4 is 10.7 Å². The number of anilines is 1. The van der Waals surface area contributed by atoms with Crippen LogP contribution in [0.15, 0.2) is 23.4 Å². The van der Waals surface area contributed by atoms with Gasteiger partial charge in [-0.2, -0.15) is 16.9 Å². The van der Waals surface area contributed by atoms with E-state index in [2.05, 4.69) is 27.5 Å². The topological polar surface area (TPSA) is 66.4 Å². The molecule has 0 fully saturated rings. The predicted molar refractivity (Wildman–Crippen MR) is 68.1 cm³/mol. The Kier molecular flexibility index (Phi) is 5.35. The molecule has 0 aliphatic rings. The molecule has 86 valence electrons. The molecule has 1 aromatic rings. The first-order chi connectivity index (χ1) is 7.77. The molecule has 2 N–H and O–H groups in total. The van der Waals surface area contributed by atoms with Crippen LogP contribution in [0.25, 0.3) is 0 Å². The van der Waals surface area contributed by atoms with Crippen molar-refractivity contribution in [3.63, 3.8) is 0 Å².